The first-order chi connectivity index (χ1) is 14.6. The molecule has 4 rings (SSSR count). The van der Waals surface area contributed by atoms with E-state index in [1.807, 2.05) is 0 Å². The third kappa shape index (κ3) is 4.16. The Balaban J connectivity index is 1.66. The average Bonchev–Trinajstić information content (AvgIpc) is 2.98. The Hall–Kier alpha value is -2.17. The highest BCUT2D eigenvalue weighted by Gasteiger charge is 2.48. The van der Waals surface area contributed by atoms with Crippen LogP contribution in [0.25, 0.3) is 0 Å². The van der Waals surface area contributed by atoms with Crippen molar-refractivity contribution < 1.29 is 4.84 Å². The molecule has 166 valence electrons. The van der Waals surface area contributed by atoms with Crippen molar-refractivity contribution in [2.45, 2.75) is 77.9 Å². The van der Waals surface area contributed by atoms with Crippen molar-refractivity contribution in [3.63, 3.8) is 0 Å². The fraction of sp³-hybridized carbons (Fsp3) is 0.519. The van der Waals surface area contributed by atoms with Gasteiger partial charge >= 0.3 is 0 Å². The Morgan fingerprint density at radius 2 is 1.39 bits per heavy atom. The Morgan fingerprint density at radius 1 is 0.839 bits per heavy atom. The van der Waals surface area contributed by atoms with E-state index in [0.29, 0.717) is 6.61 Å². The molecule has 0 N–H and O–H groups in total. The fourth-order valence-electron chi connectivity index (χ4n) is 5.36. The van der Waals surface area contributed by atoms with Crippen LogP contribution in [0.5, 0.6) is 0 Å². The first-order valence-electron chi connectivity index (χ1n) is 11.5. The minimum atomic E-state index is -0.165. The van der Waals surface area contributed by atoms with E-state index in [-0.39, 0.29) is 22.5 Å². The van der Waals surface area contributed by atoms with Crippen LogP contribution in [0.2, 0.25) is 0 Å². The first kappa shape index (κ1) is 22.0. The summed E-state index contributed by atoms with van der Waals surface area (Å²) in [6.45, 7) is 14.4. The van der Waals surface area contributed by atoms with Crippen molar-refractivity contribution in [3.8, 4) is 0 Å². The van der Waals surface area contributed by atoms with Crippen molar-refractivity contribution in [1.82, 2.24) is 5.06 Å². The van der Waals surface area contributed by atoms with Crippen molar-refractivity contribution in [2.24, 2.45) is 10.5 Å². The van der Waals surface area contributed by atoms with Gasteiger partial charge in [-0.05, 0) is 64.7 Å². The molecule has 4 heteroatoms. The molecule has 0 radical (unpaired) electrons. The Bertz CT molecular complexity index is 902. The Morgan fingerprint density at radius 3 is 1.97 bits per heavy atom. The second-order valence-corrected chi connectivity index (χ2v) is 10.8. The number of rotatable bonds is 5. The molecule has 31 heavy (non-hydrogen) atoms. The van der Waals surface area contributed by atoms with Gasteiger partial charge < -0.3 is 0 Å². The lowest BCUT2D eigenvalue weighted by Gasteiger charge is -2.52. The molecule has 1 unspecified atom stereocenters. The maximum atomic E-state index is 6.69. The van der Waals surface area contributed by atoms with Crippen LogP contribution in [0.3, 0.4) is 0 Å². The van der Waals surface area contributed by atoms with Gasteiger partial charge in [0.1, 0.15) is 0 Å². The van der Waals surface area contributed by atoms with E-state index in [2.05, 4.69) is 112 Å². The van der Waals surface area contributed by atoms with E-state index in [9.17, 15) is 0 Å². The zero-order valence-corrected chi connectivity index (χ0v) is 19.9. The van der Waals surface area contributed by atoms with Crippen molar-refractivity contribution in [1.29, 1.82) is 0 Å². The number of benzene rings is 2. The summed E-state index contributed by atoms with van der Waals surface area (Å²) >= 11 is 0. The smallest absolute Gasteiger partial charge is 0.0919 e. The van der Waals surface area contributed by atoms with Crippen LogP contribution in [0, 0.1) is 5.41 Å². The monoisotopic (exact) mass is 419 g/mol. The summed E-state index contributed by atoms with van der Waals surface area (Å²) in [4.78, 5) is 6.69. The summed E-state index contributed by atoms with van der Waals surface area (Å²) in [7, 11) is 0. The molecular formula is C27H37N3O. The van der Waals surface area contributed by atoms with Crippen LogP contribution in [-0.4, -0.2) is 34.5 Å². The van der Waals surface area contributed by atoms with Gasteiger partial charge in [-0.2, -0.15) is 10.2 Å². The molecule has 2 aromatic carbocycles. The van der Waals surface area contributed by atoms with Gasteiger partial charge in [0.25, 0.3) is 0 Å². The van der Waals surface area contributed by atoms with Gasteiger partial charge in [-0.1, -0.05) is 62.4 Å². The van der Waals surface area contributed by atoms with E-state index in [1.54, 1.807) is 0 Å². The predicted molar refractivity (Wildman–Crippen MR) is 129 cm³/mol. The van der Waals surface area contributed by atoms with E-state index >= 15 is 0 Å². The number of hydrazone groups is 1. The zero-order valence-electron chi connectivity index (χ0n) is 19.9. The maximum Gasteiger partial charge on any atom is 0.0919 e. The molecule has 0 saturated carbocycles. The minimum Gasteiger partial charge on any atom is -0.296 e. The second kappa shape index (κ2) is 8.07. The van der Waals surface area contributed by atoms with E-state index < -0.39 is 0 Å². The standard InChI is InChI=1S/C27H37N3O/c1-25(2)18-13-19-26(3,4)30(25)31-20-23-27(5,6)24(21-14-9-7-10-15-21)28-29(23)22-16-11-8-12-17-22/h7-12,14-17,23H,13,18-20H2,1-6H3. The van der Waals surface area contributed by atoms with Crippen molar-refractivity contribution in [3.05, 3.63) is 66.2 Å². The number of hydroxylamine groups is 2. The highest BCUT2D eigenvalue weighted by atomic mass is 16.7. The predicted octanol–water partition coefficient (Wildman–Crippen LogP) is 6.28. The van der Waals surface area contributed by atoms with E-state index in [1.165, 1.54) is 12.0 Å². The molecule has 2 heterocycles. The third-order valence-corrected chi connectivity index (χ3v) is 7.05. The van der Waals surface area contributed by atoms with Crippen LogP contribution in [0.4, 0.5) is 5.69 Å². The number of para-hydroxylation sites is 1. The summed E-state index contributed by atoms with van der Waals surface area (Å²) in [5.74, 6) is 0. The zero-order chi connectivity index (χ0) is 22.3. The van der Waals surface area contributed by atoms with Crippen LogP contribution in [-0.2, 0) is 4.84 Å². The lowest BCUT2D eigenvalue weighted by atomic mass is 9.78. The van der Waals surface area contributed by atoms with Gasteiger partial charge in [-0.15, -0.1) is 0 Å². The van der Waals surface area contributed by atoms with Crippen LogP contribution in [0.15, 0.2) is 65.8 Å². The molecule has 1 fully saturated rings. The number of hydrogen-bond donors (Lipinski definition) is 0. The molecule has 1 atom stereocenters. The van der Waals surface area contributed by atoms with E-state index in [0.717, 1.165) is 24.2 Å². The molecule has 4 nitrogen and oxygen atoms in total. The van der Waals surface area contributed by atoms with Crippen molar-refractivity contribution >= 4 is 11.4 Å². The lowest BCUT2D eigenvalue weighted by molar-refractivity contribution is -0.284. The Kier molecular flexibility index (Phi) is 5.74. The summed E-state index contributed by atoms with van der Waals surface area (Å²) in [6.07, 6.45) is 3.55. The molecule has 2 aromatic rings. The van der Waals surface area contributed by atoms with Crippen LogP contribution in [0.1, 0.15) is 66.4 Å². The molecule has 0 spiro atoms. The summed E-state index contributed by atoms with van der Waals surface area (Å²) in [6, 6.07) is 21.1. The summed E-state index contributed by atoms with van der Waals surface area (Å²) in [5.41, 5.74) is 3.27. The van der Waals surface area contributed by atoms with Gasteiger partial charge in [0.15, 0.2) is 0 Å². The first-order valence-corrected chi connectivity index (χ1v) is 11.5. The molecule has 0 amide bonds. The largest absolute Gasteiger partial charge is 0.296 e. The normalized spacial score (nSPS) is 24.8. The lowest BCUT2D eigenvalue weighted by Crippen LogP contribution is -2.59. The van der Waals surface area contributed by atoms with Crippen LogP contribution >= 0.6 is 0 Å². The van der Waals surface area contributed by atoms with Gasteiger partial charge in [-0.25, -0.2) is 0 Å². The summed E-state index contributed by atoms with van der Waals surface area (Å²) < 4.78 is 0. The molecule has 0 aromatic heterocycles. The quantitative estimate of drug-likeness (QED) is 0.571. The van der Waals surface area contributed by atoms with Crippen LogP contribution < -0.4 is 5.01 Å². The fourth-order valence-corrected chi connectivity index (χ4v) is 5.36. The number of nitrogens with zero attached hydrogens (tertiary/aromatic N) is 3. The van der Waals surface area contributed by atoms with Crippen molar-refractivity contribution in [2.75, 3.05) is 11.6 Å². The molecule has 0 bridgehead atoms. The number of anilines is 1. The number of hydrogen-bond acceptors (Lipinski definition) is 4. The second-order valence-electron chi connectivity index (χ2n) is 10.8. The Labute approximate surface area is 187 Å². The highest BCUT2D eigenvalue weighted by Crippen LogP contribution is 2.42. The topological polar surface area (TPSA) is 28.1 Å². The number of piperidine rings is 1. The van der Waals surface area contributed by atoms with Gasteiger partial charge in [0, 0.05) is 16.5 Å². The van der Waals surface area contributed by atoms with Gasteiger partial charge in [-0.3, -0.25) is 9.85 Å². The van der Waals surface area contributed by atoms with Gasteiger partial charge in [0.05, 0.1) is 24.0 Å². The highest BCUT2D eigenvalue weighted by molar-refractivity contribution is 6.07. The minimum absolute atomic E-state index is 0.0190. The van der Waals surface area contributed by atoms with Gasteiger partial charge in [0.2, 0.25) is 0 Å². The molecule has 2 aliphatic heterocycles. The molecule has 0 aliphatic carbocycles. The van der Waals surface area contributed by atoms with E-state index in [4.69, 9.17) is 9.94 Å². The SMILES string of the molecule is CC1(C)C(c2ccccc2)=NN(c2ccccc2)C1CON1C(C)(C)CCCC1(C)C. The molecule has 2 aliphatic rings. The third-order valence-electron chi connectivity index (χ3n) is 7.05. The maximum absolute atomic E-state index is 6.69. The summed E-state index contributed by atoms with van der Waals surface area (Å²) in [5, 5.41) is 9.59. The average molecular weight is 420 g/mol. The molecular weight excluding hydrogens is 382 g/mol. The molecule has 1 saturated heterocycles.